The maximum atomic E-state index is 13.1. The summed E-state index contributed by atoms with van der Waals surface area (Å²) in [6, 6.07) is -0.820. The minimum absolute atomic E-state index is 0.183. The third kappa shape index (κ3) is 43.4. The van der Waals surface area contributed by atoms with Crippen molar-refractivity contribution in [3.05, 3.63) is 36.5 Å². The van der Waals surface area contributed by atoms with Crippen LogP contribution in [-0.2, 0) is 14.3 Å². The van der Waals surface area contributed by atoms with Gasteiger partial charge in [-0.05, 0) is 57.8 Å². The van der Waals surface area contributed by atoms with Crippen molar-refractivity contribution in [3.63, 3.8) is 0 Å². The molecule has 6 N–H and O–H groups in total. The Hall–Kier alpha value is -1.59. The highest BCUT2D eigenvalue weighted by Gasteiger charge is 2.44. The van der Waals surface area contributed by atoms with E-state index in [2.05, 4.69) is 43.5 Å². The summed E-state index contributed by atoms with van der Waals surface area (Å²) in [6.07, 6.45) is 65.5. The lowest BCUT2D eigenvalue weighted by Gasteiger charge is -2.40. The van der Waals surface area contributed by atoms with Crippen LogP contribution in [0, 0.1) is 0 Å². The molecule has 7 atom stereocenters. The highest BCUT2D eigenvalue weighted by atomic mass is 16.7. The molecule has 0 radical (unpaired) electrons. The molecule has 0 spiro atoms. The molecule has 1 aliphatic rings. The fourth-order valence-electron chi connectivity index (χ4n) is 10.3. The third-order valence-corrected chi connectivity index (χ3v) is 15.4. The lowest BCUT2D eigenvalue weighted by Crippen LogP contribution is -2.60. The number of aliphatic hydroxyl groups excluding tert-OH is 5. The van der Waals surface area contributed by atoms with Gasteiger partial charge in [-0.15, -0.1) is 0 Å². The van der Waals surface area contributed by atoms with Crippen LogP contribution in [0.15, 0.2) is 36.5 Å². The van der Waals surface area contributed by atoms with E-state index >= 15 is 0 Å². The predicted octanol–water partition coefficient (Wildman–Crippen LogP) is 16.7. The second kappa shape index (κ2) is 54.8. The number of unbranched alkanes of at least 4 members (excludes halogenated alkanes) is 42. The zero-order valence-corrected chi connectivity index (χ0v) is 48.6. The van der Waals surface area contributed by atoms with Gasteiger partial charge in [-0.2, -0.15) is 0 Å². The summed E-state index contributed by atoms with van der Waals surface area (Å²) >= 11 is 0. The lowest BCUT2D eigenvalue weighted by atomic mass is 9.99. The Morgan fingerprint density at radius 2 is 0.770 bits per heavy atom. The first-order valence-corrected chi connectivity index (χ1v) is 32.2. The molecule has 0 aromatic rings. The Morgan fingerprint density at radius 3 is 1.14 bits per heavy atom. The van der Waals surface area contributed by atoms with Gasteiger partial charge in [-0.1, -0.05) is 288 Å². The van der Waals surface area contributed by atoms with Gasteiger partial charge in [-0.3, -0.25) is 4.79 Å². The van der Waals surface area contributed by atoms with Crippen molar-refractivity contribution in [2.75, 3.05) is 13.2 Å². The molecule has 7 unspecified atom stereocenters. The van der Waals surface area contributed by atoms with Gasteiger partial charge in [0, 0.05) is 6.42 Å². The zero-order chi connectivity index (χ0) is 53.6. The summed E-state index contributed by atoms with van der Waals surface area (Å²) < 4.78 is 11.3. The molecule has 436 valence electrons. The molecule has 0 aromatic carbocycles. The molecule has 0 saturated carbocycles. The molecule has 1 saturated heterocycles. The molecule has 0 bridgehead atoms. The number of allylic oxidation sites excluding steroid dienone is 5. The number of carbonyl (C=O) groups is 1. The highest BCUT2D eigenvalue weighted by Crippen LogP contribution is 2.23. The van der Waals surface area contributed by atoms with Gasteiger partial charge in [0.15, 0.2) is 6.29 Å². The van der Waals surface area contributed by atoms with Crippen molar-refractivity contribution < 1.29 is 39.8 Å². The van der Waals surface area contributed by atoms with Crippen LogP contribution in [0.1, 0.15) is 316 Å². The van der Waals surface area contributed by atoms with Gasteiger partial charge in [0.05, 0.1) is 25.4 Å². The SMILES string of the molecule is CCCCCCCCCC/C=C/CC/C=C/C(O)C(COC1OC(CO)C(O)C(O)C1O)NC(=O)CCCCCCCCCCCCCCCCCCC/C=C\CCCCCCCCCCCCCCCCCC. The van der Waals surface area contributed by atoms with Crippen LogP contribution >= 0.6 is 0 Å². The molecule has 0 aliphatic carbocycles. The van der Waals surface area contributed by atoms with Crippen molar-refractivity contribution in [3.8, 4) is 0 Å². The van der Waals surface area contributed by atoms with Crippen LogP contribution in [-0.4, -0.2) is 87.5 Å². The second-order valence-corrected chi connectivity index (χ2v) is 22.5. The Labute approximate surface area is 457 Å². The van der Waals surface area contributed by atoms with Crippen molar-refractivity contribution in [1.82, 2.24) is 5.32 Å². The molecule has 0 aromatic heterocycles. The summed E-state index contributed by atoms with van der Waals surface area (Å²) in [5.74, 6) is -0.183. The minimum atomic E-state index is -1.57. The highest BCUT2D eigenvalue weighted by molar-refractivity contribution is 5.76. The van der Waals surface area contributed by atoms with Gasteiger partial charge in [0.2, 0.25) is 5.91 Å². The molecular weight excluding hydrogens is 923 g/mol. The molecule has 1 amide bonds. The van der Waals surface area contributed by atoms with E-state index in [1.807, 2.05) is 6.08 Å². The van der Waals surface area contributed by atoms with Crippen molar-refractivity contribution >= 4 is 5.91 Å². The van der Waals surface area contributed by atoms with Crippen LogP contribution in [0.5, 0.6) is 0 Å². The number of ether oxygens (including phenoxy) is 2. The molecule has 9 heteroatoms. The summed E-state index contributed by atoms with van der Waals surface area (Å²) in [6.45, 7) is 3.78. The first-order chi connectivity index (χ1) is 36.3. The zero-order valence-electron chi connectivity index (χ0n) is 48.6. The average Bonchev–Trinajstić information content (AvgIpc) is 3.40. The molecule has 1 heterocycles. The van der Waals surface area contributed by atoms with Crippen LogP contribution in [0.4, 0.5) is 0 Å². The normalized spacial score (nSPS) is 19.1. The summed E-state index contributed by atoms with van der Waals surface area (Å²) in [5.41, 5.74) is 0. The number of nitrogens with one attached hydrogen (secondary N) is 1. The minimum Gasteiger partial charge on any atom is -0.394 e. The van der Waals surface area contributed by atoms with Gasteiger partial charge < -0.3 is 40.3 Å². The van der Waals surface area contributed by atoms with Gasteiger partial charge in [0.1, 0.15) is 24.4 Å². The number of rotatable bonds is 56. The Balaban J connectivity index is 2.06. The lowest BCUT2D eigenvalue weighted by molar-refractivity contribution is -0.302. The van der Waals surface area contributed by atoms with Crippen LogP contribution in [0.3, 0.4) is 0 Å². The van der Waals surface area contributed by atoms with Crippen LogP contribution < -0.4 is 5.32 Å². The summed E-state index contributed by atoms with van der Waals surface area (Å²) in [7, 11) is 0. The molecule has 1 aliphatic heterocycles. The number of hydrogen-bond donors (Lipinski definition) is 6. The fourth-order valence-corrected chi connectivity index (χ4v) is 10.3. The Morgan fingerprint density at radius 1 is 0.446 bits per heavy atom. The number of amides is 1. The first-order valence-electron chi connectivity index (χ1n) is 32.2. The predicted molar refractivity (Wildman–Crippen MR) is 313 cm³/mol. The standard InChI is InChI=1S/C65H123NO8/c1-3-5-7-9-11-13-15-17-19-20-21-22-23-24-25-26-27-28-29-30-31-32-33-34-35-36-37-38-39-40-41-43-45-47-49-51-53-55-61(69)66-58(57-73-65-64(72)63(71)62(70)60(56-67)74-65)59(68)54-52-50-48-46-44-42-18-16-14-12-10-8-6-4-2/h28-29,44,46,52,54,58-60,62-65,67-68,70-72H,3-27,30-43,45,47-51,53,55-57H2,1-2H3,(H,66,69)/b29-28-,46-44+,54-52+. The van der Waals surface area contributed by atoms with E-state index in [4.69, 9.17) is 9.47 Å². The molecule has 1 fully saturated rings. The van der Waals surface area contributed by atoms with E-state index < -0.39 is 49.5 Å². The van der Waals surface area contributed by atoms with E-state index in [1.54, 1.807) is 6.08 Å². The molecule has 1 rings (SSSR count). The maximum absolute atomic E-state index is 13.1. The van der Waals surface area contributed by atoms with Crippen molar-refractivity contribution in [1.29, 1.82) is 0 Å². The third-order valence-electron chi connectivity index (χ3n) is 15.4. The molecule has 9 nitrogen and oxygen atoms in total. The van der Waals surface area contributed by atoms with E-state index in [0.717, 1.165) is 38.5 Å². The van der Waals surface area contributed by atoms with E-state index in [-0.39, 0.29) is 12.5 Å². The number of carbonyl (C=O) groups excluding carboxylic acids is 1. The largest absolute Gasteiger partial charge is 0.394 e. The van der Waals surface area contributed by atoms with Gasteiger partial charge in [0.25, 0.3) is 0 Å². The fraction of sp³-hybridized carbons (Fsp3) is 0.892. The Bertz CT molecular complexity index is 1260. The number of hydrogen-bond acceptors (Lipinski definition) is 8. The summed E-state index contributed by atoms with van der Waals surface area (Å²) in [4.78, 5) is 13.1. The smallest absolute Gasteiger partial charge is 0.220 e. The van der Waals surface area contributed by atoms with Crippen LogP contribution in [0.2, 0.25) is 0 Å². The van der Waals surface area contributed by atoms with Crippen molar-refractivity contribution in [2.24, 2.45) is 0 Å². The Kier molecular flexibility index (Phi) is 52.1. The first kappa shape index (κ1) is 70.4. The van der Waals surface area contributed by atoms with E-state index in [0.29, 0.717) is 6.42 Å². The van der Waals surface area contributed by atoms with Gasteiger partial charge in [-0.25, -0.2) is 0 Å². The van der Waals surface area contributed by atoms with Gasteiger partial charge >= 0.3 is 0 Å². The summed E-state index contributed by atoms with van der Waals surface area (Å²) in [5, 5.41) is 54.4. The molecule has 74 heavy (non-hydrogen) atoms. The van der Waals surface area contributed by atoms with Crippen LogP contribution in [0.25, 0.3) is 0 Å². The number of aliphatic hydroxyl groups is 5. The topological polar surface area (TPSA) is 149 Å². The maximum Gasteiger partial charge on any atom is 0.220 e. The quantitative estimate of drug-likeness (QED) is 0.0261. The van der Waals surface area contributed by atoms with Crippen molar-refractivity contribution in [2.45, 2.75) is 358 Å². The monoisotopic (exact) mass is 1050 g/mol. The second-order valence-electron chi connectivity index (χ2n) is 22.5. The van der Waals surface area contributed by atoms with E-state index in [9.17, 15) is 30.3 Å². The molecular formula is C65H123NO8. The van der Waals surface area contributed by atoms with E-state index in [1.165, 1.54) is 257 Å². The average molecular weight is 1050 g/mol.